The van der Waals surface area contributed by atoms with E-state index in [-0.39, 0.29) is 16.9 Å². The third-order valence-electron chi connectivity index (χ3n) is 4.49. The summed E-state index contributed by atoms with van der Waals surface area (Å²) in [7, 11) is 0. The fraction of sp³-hybridized carbons (Fsp3) is 0.647. The van der Waals surface area contributed by atoms with Crippen LogP contribution in [0.5, 0.6) is 0 Å². The van der Waals surface area contributed by atoms with Crippen LogP contribution in [0.4, 0.5) is 0 Å². The molecule has 2 heteroatoms. The molecular formula is C17H25ClO. The Morgan fingerprint density at radius 3 is 2.37 bits per heavy atom. The van der Waals surface area contributed by atoms with Crippen LogP contribution in [0.25, 0.3) is 0 Å². The molecule has 106 valence electrons. The first-order chi connectivity index (χ1) is 8.94. The van der Waals surface area contributed by atoms with Crippen molar-refractivity contribution >= 4 is 11.6 Å². The van der Waals surface area contributed by atoms with Gasteiger partial charge in [0.05, 0.1) is 17.6 Å². The number of hydrogen-bond acceptors (Lipinski definition) is 1. The van der Waals surface area contributed by atoms with E-state index >= 15 is 0 Å². The highest BCUT2D eigenvalue weighted by atomic mass is 35.5. The van der Waals surface area contributed by atoms with Gasteiger partial charge in [0.1, 0.15) is 0 Å². The highest BCUT2D eigenvalue weighted by molar-refractivity contribution is 6.21. The second-order valence-electron chi connectivity index (χ2n) is 6.32. The first kappa shape index (κ1) is 14.9. The summed E-state index contributed by atoms with van der Waals surface area (Å²) in [6, 6.07) is 8.76. The van der Waals surface area contributed by atoms with Gasteiger partial charge in [-0.15, -0.1) is 11.6 Å². The highest BCUT2D eigenvalue weighted by Crippen LogP contribution is 2.35. The summed E-state index contributed by atoms with van der Waals surface area (Å²) in [6.07, 6.45) is 3.85. The molecule has 1 fully saturated rings. The summed E-state index contributed by atoms with van der Waals surface area (Å²) in [5.74, 6) is 0. The molecule has 1 aromatic rings. The van der Waals surface area contributed by atoms with Crippen LogP contribution >= 0.6 is 11.6 Å². The van der Waals surface area contributed by atoms with Gasteiger partial charge < -0.3 is 4.74 Å². The molecule has 1 aliphatic rings. The van der Waals surface area contributed by atoms with Crippen LogP contribution in [-0.2, 0) is 10.2 Å². The fourth-order valence-corrected chi connectivity index (χ4v) is 2.92. The van der Waals surface area contributed by atoms with E-state index in [0.29, 0.717) is 6.10 Å². The lowest BCUT2D eigenvalue weighted by Gasteiger charge is -2.24. The van der Waals surface area contributed by atoms with Crippen LogP contribution < -0.4 is 0 Å². The average Bonchev–Trinajstić information content (AvgIpc) is 2.85. The molecule has 3 atom stereocenters. The maximum absolute atomic E-state index is 6.55. The Labute approximate surface area is 122 Å². The number of hydrogen-bond donors (Lipinski definition) is 0. The number of rotatable bonds is 4. The van der Waals surface area contributed by atoms with Gasteiger partial charge in [0.2, 0.25) is 0 Å². The van der Waals surface area contributed by atoms with E-state index in [2.05, 4.69) is 52.0 Å². The standard InChI is InChI=1S/C17H25ClO/c1-5-17(3,4)14-9-7-13(8-10-14)16(18)15-11-6-12(2)19-15/h7-10,12,15-16H,5-6,11H2,1-4H3. The molecule has 19 heavy (non-hydrogen) atoms. The van der Waals surface area contributed by atoms with Gasteiger partial charge in [0.25, 0.3) is 0 Å². The summed E-state index contributed by atoms with van der Waals surface area (Å²) in [5.41, 5.74) is 2.79. The maximum atomic E-state index is 6.55. The van der Waals surface area contributed by atoms with Crippen LogP contribution in [0.2, 0.25) is 0 Å². The van der Waals surface area contributed by atoms with E-state index in [0.717, 1.165) is 19.3 Å². The lowest BCUT2D eigenvalue weighted by Crippen LogP contribution is -2.17. The lowest BCUT2D eigenvalue weighted by atomic mass is 9.82. The van der Waals surface area contributed by atoms with Crippen molar-refractivity contribution in [2.45, 2.75) is 70.0 Å². The van der Waals surface area contributed by atoms with Crippen LogP contribution in [0, 0.1) is 0 Å². The zero-order valence-corrected chi connectivity index (χ0v) is 13.2. The monoisotopic (exact) mass is 280 g/mol. The molecule has 0 N–H and O–H groups in total. The molecule has 0 amide bonds. The summed E-state index contributed by atoms with van der Waals surface area (Å²) in [5, 5.41) is -0.0243. The quantitative estimate of drug-likeness (QED) is 0.687. The van der Waals surface area contributed by atoms with Crippen molar-refractivity contribution in [3.8, 4) is 0 Å². The number of ether oxygens (including phenoxy) is 1. The van der Waals surface area contributed by atoms with Crippen molar-refractivity contribution in [1.29, 1.82) is 0 Å². The number of halogens is 1. The van der Waals surface area contributed by atoms with Gasteiger partial charge in [0.15, 0.2) is 0 Å². The number of alkyl halides is 1. The zero-order chi connectivity index (χ0) is 14.0. The van der Waals surface area contributed by atoms with Gasteiger partial charge in [-0.05, 0) is 42.7 Å². The molecule has 3 unspecified atom stereocenters. The minimum Gasteiger partial charge on any atom is -0.373 e. The minimum atomic E-state index is -0.0243. The first-order valence-electron chi connectivity index (χ1n) is 7.34. The second-order valence-corrected chi connectivity index (χ2v) is 6.79. The van der Waals surface area contributed by atoms with Gasteiger partial charge in [-0.1, -0.05) is 45.0 Å². The van der Waals surface area contributed by atoms with E-state index in [1.807, 2.05) is 0 Å². The SMILES string of the molecule is CCC(C)(C)c1ccc(C(Cl)C2CCC(C)O2)cc1. The molecular weight excluding hydrogens is 256 g/mol. The van der Waals surface area contributed by atoms with E-state index in [4.69, 9.17) is 16.3 Å². The first-order valence-corrected chi connectivity index (χ1v) is 7.77. The lowest BCUT2D eigenvalue weighted by molar-refractivity contribution is 0.0533. The largest absolute Gasteiger partial charge is 0.373 e. The third-order valence-corrected chi connectivity index (χ3v) is 5.02. The molecule has 0 radical (unpaired) electrons. The second kappa shape index (κ2) is 5.85. The predicted octanol–water partition coefficient (Wildman–Crippen LogP) is 5.22. The molecule has 1 saturated heterocycles. The molecule has 1 aliphatic heterocycles. The number of benzene rings is 1. The van der Waals surface area contributed by atoms with Crippen molar-refractivity contribution in [2.24, 2.45) is 0 Å². The van der Waals surface area contributed by atoms with Crippen molar-refractivity contribution in [1.82, 2.24) is 0 Å². The van der Waals surface area contributed by atoms with E-state index < -0.39 is 0 Å². The molecule has 0 saturated carbocycles. The van der Waals surface area contributed by atoms with Gasteiger partial charge >= 0.3 is 0 Å². The normalized spacial score (nSPS) is 25.5. The Hall–Kier alpha value is -0.530. The molecule has 0 bridgehead atoms. The molecule has 1 nitrogen and oxygen atoms in total. The Morgan fingerprint density at radius 2 is 1.89 bits per heavy atom. The van der Waals surface area contributed by atoms with Crippen LogP contribution in [0.1, 0.15) is 63.5 Å². The van der Waals surface area contributed by atoms with Crippen molar-refractivity contribution < 1.29 is 4.74 Å². The Morgan fingerprint density at radius 1 is 1.26 bits per heavy atom. The van der Waals surface area contributed by atoms with Gasteiger partial charge in [-0.3, -0.25) is 0 Å². The van der Waals surface area contributed by atoms with Gasteiger partial charge in [0, 0.05) is 0 Å². The van der Waals surface area contributed by atoms with Crippen molar-refractivity contribution in [3.63, 3.8) is 0 Å². The molecule has 1 heterocycles. The maximum Gasteiger partial charge on any atom is 0.0847 e. The van der Waals surface area contributed by atoms with Crippen molar-refractivity contribution in [2.75, 3.05) is 0 Å². The van der Waals surface area contributed by atoms with Crippen LogP contribution in [0.15, 0.2) is 24.3 Å². The zero-order valence-electron chi connectivity index (χ0n) is 12.4. The van der Waals surface area contributed by atoms with Gasteiger partial charge in [-0.2, -0.15) is 0 Å². The summed E-state index contributed by atoms with van der Waals surface area (Å²) >= 11 is 6.55. The average molecular weight is 281 g/mol. The Bertz CT molecular complexity index is 410. The Balaban J connectivity index is 2.10. The highest BCUT2D eigenvalue weighted by Gasteiger charge is 2.29. The Kier molecular flexibility index (Phi) is 4.58. The minimum absolute atomic E-state index is 0.0243. The summed E-state index contributed by atoms with van der Waals surface area (Å²) in [6.45, 7) is 8.91. The third kappa shape index (κ3) is 3.32. The summed E-state index contributed by atoms with van der Waals surface area (Å²) < 4.78 is 5.86. The van der Waals surface area contributed by atoms with Crippen LogP contribution in [0.3, 0.4) is 0 Å². The molecule has 0 aliphatic carbocycles. The van der Waals surface area contributed by atoms with E-state index in [1.54, 1.807) is 0 Å². The molecule has 0 aromatic heterocycles. The molecule has 2 rings (SSSR count). The smallest absolute Gasteiger partial charge is 0.0847 e. The van der Waals surface area contributed by atoms with Crippen LogP contribution in [-0.4, -0.2) is 12.2 Å². The molecule has 0 spiro atoms. The van der Waals surface area contributed by atoms with E-state index in [9.17, 15) is 0 Å². The van der Waals surface area contributed by atoms with Gasteiger partial charge in [-0.25, -0.2) is 0 Å². The van der Waals surface area contributed by atoms with Crippen molar-refractivity contribution in [3.05, 3.63) is 35.4 Å². The summed E-state index contributed by atoms with van der Waals surface area (Å²) in [4.78, 5) is 0. The predicted molar refractivity (Wildman–Crippen MR) is 81.9 cm³/mol. The van der Waals surface area contributed by atoms with E-state index in [1.165, 1.54) is 11.1 Å². The topological polar surface area (TPSA) is 9.23 Å². The molecule has 1 aromatic carbocycles. The fourth-order valence-electron chi connectivity index (χ4n) is 2.59.